The van der Waals surface area contributed by atoms with Crippen molar-refractivity contribution < 1.29 is 4.79 Å². The molecule has 0 aromatic heterocycles. The highest BCUT2D eigenvalue weighted by Gasteiger charge is 2.03. The first-order valence-electron chi connectivity index (χ1n) is 4.14. The highest BCUT2D eigenvalue weighted by molar-refractivity contribution is 8.22. The smallest absolute Gasteiger partial charge is 0.251 e. The van der Waals surface area contributed by atoms with Crippen LogP contribution in [0.4, 0.5) is 0 Å². The number of thiocarbonyl (C=S) groups is 1. The standard InChI is InChI=1S/C10H11NOS2/c1-14-9(13)7-11-10(12)8-5-3-2-4-6-8/h2-6H,7H2,1H3,(H,11,12). The van der Waals surface area contributed by atoms with Gasteiger partial charge in [-0.15, -0.1) is 11.8 Å². The minimum atomic E-state index is -0.0815. The number of benzene rings is 1. The van der Waals surface area contributed by atoms with Crippen molar-refractivity contribution in [1.29, 1.82) is 0 Å². The third-order valence-corrected chi connectivity index (χ3v) is 2.90. The monoisotopic (exact) mass is 225 g/mol. The predicted octanol–water partition coefficient (Wildman–Crippen LogP) is 2.11. The van der Waals surface area contributed by atoms with Crippen LogP contribution in [0.3, 0.4) is 0 Å². The molecule has 74 valence electrons. The van der Waals surface area contributed by atoms with E-state index in [4.69, 9.17) is 12.2 Å². The Morgan fingerprint density at radius 2 is 2.07 bits per heavy atom. The third-order valence-electron chi connectivity index (χ3n) is 1.66. The quantitative estimate of drug-likeness (QED) is 0.799. The van der Waals surface area contributed by atoms with Gasteiger partial charge in [0.25, 0.3) is 5.91 Å². The van der Waals surface area contributed by atoms with E-state index in [0.29, 0.717) is 12.1 Å². The zero-order valence-electron chi connectivity index (χ0n) is 7.82. The summed E-state index contributed by atoms with van der Waals surface area (Å²) in [6.45, 7) is 0.449. The van der Waals surface area contributed by atoms with Gasteiger partial charge in [-0.25, -0.2) is 0 Å². The second-order valence-corrected chi connectivity index (χ2v) is 4.28. The van der Waals surface area contributed by atoms with Crippen molar-refractivity contribution in [3.8, 4) is 0 Å². The maximum atomic E-state index is 11.5. The van der Waals surface area contributed by atoms with Crippen LogP contribution in [0, 0.1) is 0 Å². The lowest BCUT2D eigenvalue weighted by Crippen LogP contribution is -2.27. The zero-order valence-corrected chi connectivity index (χ0v) is 9.45. The Bertz CT molecular complexity index is 324. The van der Waals surface area contributed by atoms with E-state index in [-0.39, 0.29) is 5.91 Å². The fraction of sp³-hybridized carbons (Fsp3) is 0.200. The molecular formula is C10H11NOS2. The molecule has 0 spiro atoms. The van der Waals surface area contributed by atoms with Gasteiger partial charge < -0.3 is 5.32 Å². The summed E-state index contributed by atoms with van der Waals surface area (Å²) in [5.41, 5.74) is 0.663. The van der Waals surface area contributed by atoms with Gasteiger partial charge in [0.05, 0.1) is 10.7 Å². The van der Waals surface area contributed by atoms with Crippen molar-refractivity contribution >= 4 is 34.1 Å². The Kier molecular flexibility index (Phi) is 4.62. The highest BCUT2D eigenvalue weighted by atomic mass is 32.2. The topological polar surface area (TPSA) is 29.1 Å². The van der Waals surface area contributed by atoms with Crippen LogP contribution in [0.2, 0.25) is 0 Å². The van der Waals surface area contributed by atoms with Crippen molar-refractivity contribution in [3.63, 3.8) is 0 Å². The van der Waals surface area contributed by atoms with Gasteiger partial charge in [-0.3, -0.25) is 4.79 Å². The van der Waals surface area contributed by atoms with Crippen LogP contribution in [0.25, 0.3) is 0 Å². The highest BCUT2D eigenvalue weighted by Crippen LogP contribution is 1.99. The molecule has 2 nitrogen and oxygen atoms in total. The van der Waals surface area contributed by atoms with Gasteiger partial charge in [-0.05, 0) is 18.4 Å². The van der Waals surface area contributed by atoms with Gasteiger partial charge >= 0.3 is 0 Å². The Morgan fingerprint density at radius 1 is 1.43 bits per heavy atom. The second kappa shape index (κ2) is 5.78. The molecule has 14 heavy (non-hydrogen) atoms. The lowest BCUT2D eigenvalue weighted by Gasteiger charge is -2.03. The number of thioether (sulfide) groups is 1. The maximum Gasteiger partial charge on any atom is 0.251 e. The fourth-order valence-electron chi connectivity index (χ4n) is 0.916. The molecule has 0 fully saturated rings. The predicted molar refractivity (Wildman–Crippen MR) is 64.9 cm³/mol. The van der Waals surface area contributed by atoms with Crippen molar-refractivity contribution in [2.24, 2.45) is 0 Å². The molecule has 0 saturated heterocycles. The molecule has 0 unspecified atom stereocenters. The van der Waals surface area contributed by atoms with Gasteiger partial charge in [-0.2, -0.15) is 0 Å². The van der Waals surface area contributed by atoms with Crippen LogP contribution in [-0.4, -0.2) is 22.9 Å². The maximum absolute atomic E-state index is 11.5. The number of carbonyl (C=O) groups excluding carboxylic acids is 1. The Labute approximate surface area is 93.1 Å². The molecule has 0 bridgehead atoms. The van der Waals surface area contributed by atoms with E-state index in [1.54, 1.807) is 12.1 Å². The minimum Gasteiger partial charge on any atom is -0.347 e. The summed E-state index contributed by atoms with van der Waals surface area (Å²) in [7, 11) is 0. The van der Waals surface area contributed by atoms with E-state index in [1.165, 1.54) is 11.8 Å². The molecule has 4 heteroatoms. The molecule has 0 saturated carbocycles. The first-order chi connectivity index (χ1) is 6.74. The van der Waals surface area contributed by atoms with Crippen LogP contribution in [0.15, 0.2) is 30.3 Å². The summed E-state index contributed by atoms with van der Waals surface area (Å²) in [5.74, 6) is -0.0815. The average Bonchev–Trinajstić information content (AvgIpc) is 2.26. The van der Waals surface area contributed by atoms with Crippen LogP contribution in [0.1, 0.15) is 10.4 Å². The molecule has 0 aliphatic rings. The summed E-state index contributed by atoms with van der Waals surface area (Å²) in [5, 5.41) is 2.75. The van der Waals surface area contributed by atoms with Gasteiger partial charge in [0, 0.05) is 5.56 Å². The van der Waals surface area contributed by atoms with Crippen molar-refractivity contribution in [2.75, 3.05) is 12.8 Å². The first kappa shape index (κ1) is 11.2. The lowest BCUT2D eigenvalue weighted by atomic mass is 10.2. The summed E-state index contributed by atoms with van der Waals surface area (Å²) >= 11 is 6.45. The van der Waals surface area contributed by atoms with Gasteiger partial charge in [-0.1, -0.05) is 30.4 Å². The van der Waals surface area contributed by atoms with Crippen LogP contribution in [0.5, 0.6) is 0 Å². The van der Waals surface area contributed by atoms with E-state index in [9.17, 15) is 4.79 Å². The van der Waals surface area contributed by atoms with Crippen molar-refractivity contribution in [2.45, 2.75) is 0 Å². The fourth-order valence-corrected chi connectivity index (χ4v) is 1.20. The summed E-state index contributed by atoms with van der Waals surface area (Å²) in [6, 6.07) is 9.10. The molecule has 1 aromatic rings. The molecule has 0 aliphatic carbocycles. The molecule has 0 radical (unpaired) electrons. The van der Waals surface area contributed by atoms with Crippen LogP contribution in [-0.2, 0) is 0 Å². The molecule has 1 N–H and O–H groups in total. The number of rotatable bonds is 3. The number of hydrogen-bond acceptors (Lipinski definition) is 3. The average molecular weight is 225 g/mol. The van der Waals surface area contributed by atoms with E-state index in [0.717, 1.165) is 4.20 Å². The summed E-state index contributed by atoms with van der Waals surface area (Å²) in [6.07, 6.45) is 1.90. The normalized spacial score (nSPS) is 9.50. The molecule has 0 atom stereocenters. The van der Waals surface area contributed by atoms with Crippen molar-refractivity contribution in [1.82, 2.24) is 5.32 Å². The Hall–Kier alpha value is -0.870. The first-order valence-corrected chi connectivity index (χ1v) is 5.77. The Balaban J connectivity index is 2.48. The SMILES string of the molecule is CSC(=S)CNC(=O)c1ccccc1. The van der Waals surface area contributed by atoms with Crippen LogP contribution >= 0.6 is 24.0 Å². The van der Waals surface area contributed by atoms with E-state index < -0.39 is 0 Å². The summed E-state index contributed by atoms with van der Waals surface area (Å²) < 4.78 is 0.786. The number of hydrogen-bond donors (Lipinski definition) is 1. The number of amides is 1. The van der Waals surface area contributed by atoms with Crippen molar-refractivity contribution in [3.05, 3.63) is 35.9 Å². The molecule has 0 heterocycles. The number of carbonyl (C=O) groups is 1. The van der Waals surface area contributed by atoms with E-state index >= 15 is 0 Å². The van der Waals surface area contributed by atoms with Crippen LogP contribution < -0.4 is 5.32 Å². The van der Waals surface area contributed by atoms with E-state index in [2.05, 4.69) is 5.32 Å². The molecule has 1 rings (SSSR count). The largest absolute Gasteiger partial charge is 0.347 e. The minimum absolute atomic E-state index is 0.0815. The molecule has 1 aromatic carbocycles. The Morgan fingerprint density at radius 3 is 2.64 bits per heavy atom. The summed E-state index contributed by atoms with van der Waals surface area (Å²) in [4.78, 5) is 11.5. The molecule has 1 amide bonds. The van der Waals surface area contributed by atoms with Gasteiger partial charge in [0.15, 0.2) is 0 Å². The zero-order chi connectivity index (χ0) is 10.4. The van der Waals surface area contributed by atoms with Gasteiger partial charge in [0.1, 0.15) is 0 Å². The third kappa shape index (κ3) is 3.47. The molecular weight excluding hydrogens is 214 g/mol. The molecule has 0 aliphatic heterocycles. The van der Waals surface area contributed by atoms with E-state index in [1.807, 2.05) is 24.5 Å². The number of nitrogens with one attached hydrogen (secondary N) is 1. The lowest BCUT2D eigenvalue weighted by molar-refractivity contribution is 0.0960. The second-order valence-electron chi connectivity index (χ2n) is 2.62. The van der Waals surface area contributed by atoms with Gasteiger partial charge in [0.2, 0.25) is 0 Å².